The fraction of sp³-hybridized carbons (Fsp3) is 0.238. The third-order valence-corrected chi connectivity index (χ3v) is 6.39. The summed E-state index contributed by atoms with van der Waals surface area (Å²) in [5.41, 5.74) is 2.54. The topological polar surface area (TPSA) is 97.8 Å². The molecule has 164 valence electrons. The van der Waals surface area contributed by atoms with E-state index in [-0.39, 0.29) is 6.54 Å². The number of para-hydroxylation sites is 1. The number of sulfonamides is 1. The summed E-state index contributed by atoms with van der Waals surface area (Å²) in [4.78, 5) is 17.1. The number of hydrogen-bond donors (Lipinski definition) is 1. The maximum Gasteiger partial charge on any atom is 0.246 e. The van der Waals surface area contributed by atoms with Crippen LogP contribution in [0.4, 0.5) is 10.8 Å². The molecule has 0 aliphatic rings. The molecule has 3 rings (SSSR count). The lowest BCUT2D eigenvalue weighted by Gasteiger charge is -2.23. The third kappa shape index (κ3) is 5.33. The number of nitrogens with one attached hydrogen (secondary N) is 1. The monoisotopic (exact) mass is 461 g/mol. The molecule has 0 spiro atoms. The Balaban J connectivity index is 1.80. The van der Waals surface area contributed by atoms with Crippen molar-refractivity contribution in [1.29, 1.82) is 0 Å². The second kappa shape index (κ2) is 9.36. The van der Waals surface area contributed by atoms with E-state index >= 15 is 0 Å². The normalized spacial score (nSPS) is 11.1. The van der Waals surface area contributed by atoms with Gasteiger partial charge in [0, 0.05) is 10.9 Å². The maximum absolute atomic E-state index is 12.6. The number of benzene rings is 2. The highest BCUT2D eigenvalue weighted by molar-refractivity contribution is 7.92. The molecule has 1 amide bonds. The van der Waals surface area contributed by atoms with Crippen molar-refractivity contribution < 1.29 is 22.7 Å². The van der Waals surface area contributed by atoms with Gasteiger partial charge in [-0.15, -0.1) is 11.3 Å². The number of amides is 1. The van der Waals surface area contributed by atoms with E-state index in [9.17, 15) is 13.2 Å². The Bertz CT molecular complexity index is 1190. The molecule has 2 aromatic carbocycles. The summed E-state index contributed by atoms with van der Waals surface area (Å²) >= 11 is 1.23. The summed E-state index contributed by atoms with van der Waals surface area (Å²) in [6, 6.07) is 12.3. The summed E-state index contributed by atoms with van der Waals surface area (Å²) in [6.07, 6.45) is 1.07. The molecule has 0 atom stereocenters. The third-order valence-electron chi connectivity index (χ3n) is 4.50. The van der Waals surface area contributed by atoms with Crippen molar-refractivity contribution in [3.05, 3.63) is 53.4 Å². The Morgan fingerprint density at radius 1 is 1.16 bits per heavy atom. The van der Waals surface area contributed by atoms with Gasteiger partial charge in [0.05, 0.1) is 31.9 Å². The lowest BCUT2D eigenvalue weighted by atomic mass is 10.1. The first-order chi connectivity index (χ1) is 14.7. The van der Waals surface area contributed by atoms with Gasteiger partial charge in [-0.2, -0.15) is 0 Å². The largest absolute Gasteiger partial charge is 0.497 e. The van der Waals surface area contributed by atoms with Crippen LogP contribution in [-0.4, -0.2) is 46.3 Å². The molecule has 0 aliphatic carbocycles. The van der Waals surface area contributed by atoms with E-state index in [4.69, 9.17) is 9.47 Å². The fourth-order valence-corrected chi connectivity index (χ4v) is 4.62. The number of hydrogen-bond acceptors (Lipinski definition) is 7. The molecular formula is C21H23N3O5S2. The summed E-state index contributed by atoms with van der Waals surface area (Å²) < 4.78 is 36.3. The molecule has 1 N–H and O–H groups in total. The van der Waals surface area contributed by atoms with Crippen LogP contribution in [0.5, 0.6) is 11.5 Å². The number of thiazole rings is 1. The number of methoxy groups -OCH3 is 2. The van der Waals surface area contributed by atoms with Crippen LogP contribution in [-0.2, 0) is 14.8 Å². The van der Waals surface area contributed by atoms with Crippen molar-refractivity contribution in [2.24, 2.45) is 0 Å². The van der Waals surface area contributed by atoms with Gasteiger partial charge in [-0.25, -0.2) is 13.4 Å². The van der Waals surface area contributed by atoms with Gasteiger partial charge in [0.15, 0.2) is 5.13 Å². The lowest BCUT2D eigenvalue weighted by Crippen LogP contribution is -2.37. The summed E-state index contributed by atoms with van der Waals surface area (Å²) in [7, 11) is -0.526. The van der Waals surface area contributed by atoms with Crippen LogP contribution in [0.25, 0.3) is 11.3 Å². The van der Waals surface area contributed by atoms with Gasteiger partial charge >= 0.3 is 0 Å². The zero-order chi connectivity index (χ0) is 22.6. The van der Waals surface area contributed by atoms with Gasteiger partial charge in [-0.05, 0) is 36.8 Å². The highest BCUT2D eigenvalue weighted by Gasteiger charge is 2.23. The van der Waals surface area contributed by atoms with Crippen molar-refractivity contribution in [3.8, 4) is 22.8 Å². The molecule has 1 heterocycles. The van der Waals surface area contributed by atoms with E-state index in [0.717, 1.165) is 21.7 Å². The van der Waals surface area contributed by atoms with Crippen LogP contribution in [0.2, 0.25) is 0 Å². The fourth-order valence-electron chi connectivity index (χ4n) is 2.98. The Morgan fingerprint density at radius 3 is 2.55 bits per heavy atom. The number of nitrogens with zero attached hydrogens (tertiary/aromatic N) is 2. The number of carbonyl (C=O) groups excluding carboxylic acids is 1. The minimum atomic E-state index is -3.66. The van der Waals surface area contributed by atoms with Crippen LogP contribution in [0.15, 0.2) is 47.8 Å². The van der Waals surface area contributed by atoms with Crippen molar-refractivity contribution >= 4 is 38.1 Å². The number of anilines is 2. The van der Waals surface area contributed by atoms with Crippen LogP contribution < -0.4 is 19.1 Å². The van der Waals surface area contributed by atoms with Gasteiger partial charge in [0.2, 0.25) is 15.9 Å². The second-order valence-electron chi connectivity index (χ2n) is 6.71. The predicted octanol–water partition coefficient (Wildman–Crippen LogP) is 3.54. The second-order valence-corrected chi connectivity index (χ2v) is 9.47. The first kappa shape index (κ1) is 22.6. The maximum atomic E-state index is 12.6. The summed E-state index contributed by atoms with van der Waals surface area (Å²) in [5, 5.41) is 4.81. The Morgan fingerprint density at radius 2 is 1.90 bits per heavy atom. The van der Waals surface area contributed by atoms with Crippen LogP contribution in [0.1, 0.15) is 5.56 Å². The van der Waals surface area contributed by atoms with Gasteiger partial charge < -0.3 is 14.8 Å². The Labute approximate surface area is 185 Å². The molecule has 8 nitrogen and oxygen atoms in total. The number of rotatable bonds is 8. The van der Waals surface area contributed by atoms with Crippen molar-refractivity contribution in [2.75, 3.05) is 36.6 Å². The highest BCUT2D eigenvalue weighted by atomic mass is 32.2. The average molecular weight is 462 g/mol. The molecule has 3 aromatic rings. The molecule has 0 saturated heterocycles. The summed E-state index contributed by atoms with van der Waals surface area (Å²) in [5.74, 6) is 0.773. The standard InChI is InChI=1S/C21H23N3O5S2/c1-14-7-5-6-8-18(14)24(31(4,26)27)12-20(25)23-21-22-17(13-30-21)16-11-15(28-2)9-10-19(16)29-3/h5-11,13H,12H2,1-4H3,(H,22,23,25). The zero-order valence-corrected chi connectivity index (χ0v) is 19.2. The first-order valence-electron chi connectivity index (χ1n) is 9.24. The molecular weight excluding hydrogens is 438 g/mol. The zero-order valence-electron chi connectivity index (χ0n) is 17.6. The molecule has 0 radical (unpaired) electrons. The van der Waals surface area contributed by atoms with E-state index in [2.05, 4.69) is 10.3 Å². The molecule has 0 saturated carbocycles. The highest BCUT2D eigenvalue weighted by Crippen LogP contribution is 2.35. The van der Waals surface area contributed by atoms with E-state index in [0.29, 0.717) is 28.0 Å². The van der Waals surface area contributed by atoms with Gasteiger partial charge in [0.25, 0.3) is 0 Å². The van der Waals surface area contributed by atoms with E-state index in [1.807, 2.05) is 6.07 Å². The minimum Gasteiger partial charge on any atom is -0.497 e. The predicted molar refractivity (Wildman–Crippen MR) is 123 cm³/mol. The molecule has 0 bridgehead atoms. The number of ether oxygens (including phenoxy) is 2. The molecule has 0 aliphatic heterocycles. The van der Waals surface area contributed by atoms with E-state index in [1.165, 1.54) is 11.3 Å². The SMILES string of the molecule is COc1ccc(OC)c(-c2csc(NC(=O)CN(c3ccccc3C)S(C)(=O)=O)n2)c1. The Hall–Kier alpha value is -3.11. The number of carbonyl (C=O) groups is 1. The van der Waals surface area contributed by atoms with Gasteiger partial charge in [-0.3, -0.25) is 9.10 Å². The van der Waals surface area contributed by atoms with Crippen LogP contribution >= 0.6 is 11.3 Å². The smallest absolute Gasteiger partial charge is 0.246 e. The van der Waals surface area contributed by atoms with Crippen molar-refractivity contribution in [1.82, 2.24) is 4.98 Å². The van der Waals surface area contributed by atoms with Crippen LogP contribution in [0, 0.1) is 6.92 Å². The van der Waals surface area contributed by atoms with E-state index in [1.54, 1.807) is 62.9 Å². The molecule has 0 unspecified atom stereocenters. The van der Waals surface area contributed by atoms with Crippen molar-refractivity contribution in [3.63, 3.8) is 0 Å². The molecule has 10 heteroatoms. The van der Waals surface area contributed by atoms with Crippen LogP contribution in [0.3, 0.4) is 0 Å². The molecule has 1 aromatic heterocycles. The van der Waals surface area contributed by atoms with Gasteiger partial charge in [0.1, 0.15) is 18.0 Å². The first-order valence-corrected chi connectivity index (χ1v) is 12.0. The lowest BCUT2D eigenvalue weighted by molar-refractivity contribution is -0.114. The number of aryl methyl sites for hydroxylation is 1. The molecule has 31 heavy (non-hydrogen) atoms. The Kier molecular flexibility index (Phi) is 6.81. The quantitative estimate of drug-likeness (QED) is 0.551. The average Bonchev–Trinajstić information content (AvgIpc) is 3.19. The molecule has 0 fully saturated rings. The van der Waals surface area contributed by atoms with Gasteiger partial charge in [-0.1, -0.05) is 18.2 Å². The summed E-state index contributed by atoms with van der Waals surface area (Å²) in [6.45, 7) is 1.43. The van der Waals surface area contributed by atoms with Crippen molar-refractivity contribution in [2.45, 2.75) is 6.92 Å². The minimum absolute atomic E-state index is 0.350. The number of aromatic nitrogens is 1. The van der Waals surface area contributed by atoms with E-state index < -0.39 is 15.9 Å².